The topological polar surface area (TPSA) is 90.0 Å². The van der Waals surface area contributed by atoms with Crippen molar-refractivity contribution in [1.82, 2.24) is 4.90 Å². The third kappa shape index (κ3) is 2.11. The van der Waals surface area contributed by atoms with Crippen LogP contribution in [0.2, 0.25) is 0 Å². The van der Waals surface area contributed by atoms with Gasteiger partial charge in [-0.1, -0.05) is 0 Å². The molecule has 6 nitrogen and oxygen atoms in total. The number of aromatic hydroxyl groups is 1. The second kappa shape index (κ2) is 4.47. The summed E-state index contributed by atoms with van der Waals surface area (Å²) in [5.74, 6) is 0.115. The fourth-order valence-electron chi connectivity index (χ4n) is 3.16. The van der Waals surface area contributed by atoms with Crippen molar-refractivity contribution in [2.24, 2.45) is 5.41 Å². The summed E-state index contributed by atoms with van der Waals surface area (Å²) in [6, 6.07) is 5.31. The van der Waals surface area contributed by atoms with Gasteiger partial charge in [0.1, 0.15) is 5.75 Å². The van der Waals surface area contributed by atoms with E-state index in [4.69, 9.17) is 10.8 Å². The molecule has 0 aromatic heterocycles. The minimum atomic E-state index is -0.820. The van der Waals surface area contributed by atoms with Gasteiger partial charge >= 0.3 is 6.09 Å². The Balaban J connectivity index is 1.61. The molecule has 2 fully saturated rings. The van der Waals surface area contributed by atoms with Gasteiger partial charge in [-0.25, -0.2) is 4.79 Å². The first-order valence-electron chi connectivity index (χ1n) is 6.80. The lowest BCUT2D eigenvalue weighted by atomic mass is 9.72. The van der Waals surface area contributed by atoms with E-state index in [9.17, 15) is 9.90 Å². The van der Waals surface area contributed by atoms with Crippen molar-refractivity contribution in [1.29, 1.82) is 0 Å². The van der Waals surface area contributed by atoms with E-state index in [0.29, 0.717) is 18.8 Å². The van der Waals surface area contributed by atoms with Gasteiger partial charge in [-0.2, -0.15) is 0 Å². The number of phenols is 1. The van der Waals surface area contributed by atoms with Gasteiger partial charge in [0.25, 0.3) is 0 Å². The molecule has 2 heterocycles. The van der Waals surface area contributed by atoms with Crippen LogP contribution < -0.4 is 10.6 Å². The maximum atomic E-state index is 10.9. The number of nitrogen functional groups attached to an aromatic ring is 1. The van der Waals surface area contributed by atoms with Gasteiger partial charge in [0, 0.05) is 43.3 Å². The lowest BCUT2D eigenvalue weighted by Crippen LogP contribution is -2.60. The highest BCUT2D eigenvalue weighted by Gasteiger charge is 2.45. The molecule has 0 unspecified atom stereocenters. The molecule has 20 heavy (non-hydrogen) atoms. The summed E-state index contributed by atoms with van der Waals surface area (Å²) in [4.78, 5) is 14.6. The largest absolute Gasteiger partial charge is 0.506 e. The molecule has 0 radical (unpaired) electrons. The summed E-state index contributed by atoms with van der Waals surface area (Å²) in [6.45, 7) is 3.08. The number of benzene rings is 1. The lowest BCUT2D eigenvalue weighted by molar-refractivity contribution is 0.0710. The average molecular weight is 277 g/mol. The number of rotatable bonds is 1. The Morgan fingerprint density at radius 3 is 2.45 bits per heavy atom. The summed E-state index contributed by atoms with van der Waals surface area (Å²) in [5, 5.41) is 18.6. The third-order valence-electron chi connectivity index (χ3n) is 4.53. The number of hydrogen-bond donors (Lipinski definition) is 3. The molecule has 0 atom stereocenters. The van der Waals surface area contributed by atoms with Crippen LogP contribution in [0.25, 0.3) is 0 Å². The fourth-order valence-corrected chi connectivity index (χ4v) is 3.16. The summed E-state index contributed by atoms with van der Waals surface area (Å²) in [6.07, 6.45) is 1.01. The van der Waals surface area contributed by atoms with Crippen molar-refractivity contribution >= 4 is 17.5 Å². The zero-order chi connectivity index (χ0) is 14.3. The zero-order valence-corrected chi connectivity index (χ0v) is 11.2. The highest BCUT2D eigenvalue weighted by Crippen LogP contribution is 2.43. The maximum absolute atomic E-state index is 10.9. The summed E-state index contributed by atoms with van der Waals surface area (Å²) < 4.78 is 0. The summed E-state index contributed by atoms with van der Waals surface area (Å²) >= 11 is 0. The Morgan fingerprint density at radius 2 is 1.90 bits per heavy atom. The van der Waals surface area contributed by atoms with E-state index >= 15 is 0 Å². The number of likely N-dealkylation sites (tertiary alicyclic amines) is 1. The molecule has 2 aliphatic rings. The van der Waals surface area contributed by atoms with Gasteiger partial charge in [0.15, 0.2) is 0 Å². The quantitative estimate of drug-likeness (QED) is 0.535. The Hall–Kier alpha value is -2.11. The Morgan fingerprint density at radius 1 is 1.25 bits per heavy atom. The number of nitrogens with zero attached hydrogens (tertiary/aromatic N) is 2. The third-order valence-corrected chi connectivity index (χ3v) is 4.53. The first-order valence-corrected chi connectivity index (χ1v) is 6.80. The average Bonchev–Trinajstić information content (AvgIpc) is 2.39. The lowest BCUT2D eigenvalue weighted by Gasteiger charge is -2.54. The zero-order valence-electron chi connectivity index (χ0n) is 11.2. The van der Waals surface area contributed by atoms with E-state index in [2.05, 4.69) is 4.90 Å². The number of piperidine rings is 1. The molecule has 3 rings (SSSR count). The molecule has 1 amide bonds. The van der Waals surface area contributed by atoms with Crippen LogP contribution in [0.15, 0.2) is 18.2 Å². The highest BCUT2D eigenvalue weighted by atomic mass is 16.4. The van der Waals surface area contributed by atoms with E-state index in [1.165, 1.54) is 4.90 Å². The van der Waals surface area contributed by atoms with Crippen molar-refractivity contribution in [2.75, 3.05) is 36.8 Å². The van der Waals surface area contributed by atoms with E-state index in [-0.39, 0.29) is 11.2 Å². The minimum Gasteiger partial charge on any atom is -0.506 e. The fraction of sp³-hybridized carbons (Fsp3) is 0.500. The molecule has 2 aliphatic heterocycles. The molecule has 1 aromatic carbocycles. The number of anilines is 2. The van der Waals surface area contributed by atoms with Crippen LogP contribution in [0.3, 0.4) is 0 Å². The van der Waals surface area contributed by atoms with Gasteiger partial charge in [-0.15, -0.1) is 0 Å². The van der Waals surface area contributed by atoms with E-state index in [1.54, 1.807) is 12.1 Å². The standard InChI is InChI=1S/C14H19N3O3/c15-11-2-1-10(7-12(11)18)17-8-14(9-17)3-5-16(6-4-14)13(19)20/h1-2,7,18H,3-6,8-9,15H2,(H,19,20). The van der Waals surface area contributed by atoms with Gasteiger partial charge in [0.2, 0.25) is 0 Å². The molecule has 4 N–H and O–H groups in total. The van der Waals surface area contributed by atoms with E-state index < -0.39 is 6.09 Å². The number of hydrogen-bond acceptors (Lipinski definition) is 4. The number of carboxylic acid groups (broad SMARTS) is 1. The van der Waals surface area contributed by atoms with Gasteiger partial charge in [-0.05, 0) is 25.0 Å². The van der Waals surface area contributed by atoms with Crippen molar-refractivity contribution < 1.29 is 15.0 Å². The van der Waals surface area contributed by atoms with Crippen molar-refractivity contribution in [3.8, 4) is 5.75 Å². The predicted molar refractivity (Wildman–Crippen MR) is 76.0 cm³/mol. The van der Waals surface area contributed by atoms with Crippen LogP contribution >= 0.6 is 0 Å². The molecular formula is C14H19N3O3. The highest BCUT2D eigenvalue weighted by molar-refractivity contribution is 5.65. The number of amides is 1. The van der Waals surface area contributed by atoms with Crippen LogP contribution in [-0.2, 0) is 0 Å². The molecule has 6 heteroatoms. The van der Waals surface area contributed by atoms with Gasteiger partial charge in [-0.3, -0.25) is 0 Å². The summed E-state index contributed by atoms with van der Waals surface area (Å²) in [7, 11) is 0. The molecule has 1 spiro atoms. The predicted octanol–water partition coefficient (Wildman–Crippen LogP) is 1.55. The number of nitrogens with two attached hydrogens (primary N) is 1. The normalized spacial score (nSPS) is 20.8. The number of phenolic OH excluding ortho intramolecular Hbond substituents is 1. The Bertz CT molecular complexity index is 530. The van der Waals surface area contributed by atoms with Crippen molar-refractivity contribution in [3.05, 3.63) is 18.2 Å². The van der Waals surface area contributed by atoms with Crippen LogP contribution in [0.1, 0.15) is 12.8 Å². The minimum absolute atomic E-state index is 0.115. The first-order chi connectivity index (χ1) is 9.49. The molecule has 0 bridgehead atoms. The van der Waals surface area contributed by atoms with Crippen molar-refractivity contribution in [3.63, 3.8) is 0 Å². The second-order valence-electron chi connectivity index (χ2n) is 5.87. The van der Waals surface area contributed by atoms with Crippen LogP contribution in [0.5, 0.6) is 5.75 Å². The van der Waals surface area contributed by atoms with Crippen LogP contribution in [0.4, 0.5) is 16.2 Å². The molecule has 0 saturated carbocycles. The second-order valence-corrected chi connectivity index (χ2v) is 5.87. The molecule has 2 saturated heterocycles. The summed E-state index contributed by atoms with van der Waals surface area (Å²) in [5.41, 5.74) is 7.20. The van der Waals surface area contributed by atoms with Crippen LogP contribution in [-0.4, -0.2) is 47.4 Å². The molecule has 0 aliphatic carbocycles. The first kappa shape index (κ1) is 12.9. The molecule has 1 aromatic rings. The SMILES string of the molecule is Nc1ccc(N2CC3(CCN(C(=O)O)CC3)C2)cc1O. The Labute approximate surface area is 117 Å². The van der Waals surface area contributed by atoms with Crippen molar-refractivity contribution in [2.45, 2.75) is 12.8 Å². The van der Waals surface area contributed by atoms with Crippen LogP contribution in [0, 0.1) is 5.41 Å². The Kier molecular flexibility index (Phi) is 2.88. The van der Waals surface area contributed by atoms with E-state index in [1.807, 2.05) is 6.07 Å². The molecule has 108 valence electrons. The van der Waals surface area contributed by atoms with Gasteiger partial charge in [0.05, 0.1) is 5.69 Å². The van der Waals surface area contributed by atoms with Gasteiger partial charge < -0.3 is 25.7 Å². The molecular weight excluding hydrogens is 258 g/mol. The number of carbonyl (C=O) groups is 1. The maximum Gasteiger partial charge on any atom is 0.407 e. The van der Waals surface area contributed by atoms with E-state index in [0.717, 1.165) is 31.6 Å². The smallest absolute Gasteiger partial charge is 0.407 e. The monoisotopic (exact) mass is 277 g/mol.